The summed E-state index contributed by atoms with van der Waals surface area (Å²) < 4.78 is 11.2. The molecule has 5 nitrogen and oxygen atoms in total. The molecular weight excluding hydrogens is 376 g/mol. The molecule has 30 heavy (non-hydrogen) atoms. The van der Waals surface area contributed by atoms with E-state index >= 15 is 0 Å². The highest BCUT2D eigenvalue weighted by Crippen LogP contribution is 2.51. The average molecular weight is 398 g/mol. The van der Waals surface area contributed by atoms with E-state index in [9.17, 15) is 4.79 Å². The van der Waals surface area contributed by atoms with E-state index in [-0.39, 0.29) is 23.9 Å². The lowest BCUT2D eigenvalue weighted by atomic mass is 9.68. The van der Waals surface area contributed by atoms with E-state index in [0.717, 1.165) is 56.9 Å². The molecule has 5 heteroatoms. The van der Waals surface area contributed by atoms with Crippen LogP contribution in [0.5, 0.6) is 11.5 Å². The Morgan fingerprint density at radius 2 is 1.93 bits per heavy atom. The first kappa shape index (κ1) is 17.5. The van der Waals surface area contributed by atoms with Crippen LogP contribution in [0.15, 0.2) is 59.9 Å². The fraction of sp³-hybridized carbons (Fsp3) is 0.280. The molecule has 0 saturated carbocycles. The summed E-state index contributed by atoms with van der Waals surface area (Å²) in [7, 11) is 0. The van der Waals surface area contributed by atoms with Gasteiger partial charge in [0.1, 0.15) is 0 Å². The molecule has 1 aromatic heterocycles. The Labute approximate surface area is 174 Å². The molecule has 1 aliphatic carbocycles. The average Bonchev–Trinajstić information content (AvgIpc) is 3.19. The Hall–Kier alpha value is -3.34. The molecule has 1 atom stereocenters. The van der Waals surface area contributed by atoms with E-state index in [1.54, 1.807) is 6.20 Å². The van der Waals surface area contributed by atoms with Crippen molar-refractivity contribution in [2.45, 2.75) is 32.6 Å². The molecule has 0 saturated heterocycles. The normalized spacial score (nSPS) is 21.3. The minimum atomic E-state index is -0.165. The van der Waals surface area contributed by atoms with Gasteiger partial charge in [-0.05, 0) is 53.3 Å². The lowest BCUT2D eigenvalue weighted by Gasteiger charge is -2.40. The molecule has 2 aromatic carbocycles. The van der Waals surface area contributed by atoms with Gasteiger partial charge >= 0.3 is 0 Å². The number of benzene rings is 2. The summed E-state index contributed by atoms with van der Waals surface area (Å²) in [5.74, 6) is 1.53. The molecule has 3 heterocycles. The van der Waals surface area contributed by atoms with Crippen LogP contribution in [0.4, 0.5) is 5.69 Å². The minimum Gasteiger partial charge on any atom is -0.454 e. The molecule has 150 valence electrons. The number of ketones is 1. The molecule has 0 radical (unpaired) electrons. The lowest BCUT2D eigenvalue weighted by Crippen LogP contribution is -2.33. The van der Waals surface area contributed by atoms with Gasteiger partial charge in [0.25, 0.3) is 0 Å². The molecule has 6 rings (SSSR count). The zero-order valence-electron chi connectivity index (χ0n) is 17.0. The number of hydrogen-bond donors (Lipinski definition) is 1. The predicted octanol–water partition coefficient (Wildman–Crippen LogP) is 5.16. The van der Waals surface area contributed by atoms with Crippen LogP contribution in [0, 0.1) is 5.41 Å². The highest BCUT2D eigenvalue weighted by atomic mass is 16.7. The Morgan fingerprint density at radius 3 is 2.83 bits per heavy atom. The van der Waals surface area contributed by atoms with Crippen molar-refractivity contribution in [3.8, 4) is 11.5 Å². The number of fused-ring (bicyclic) bond motifs is 4. The molecule has 2 aliphatic heterocycles. The van der Waals surface area contributed by atoms with Crippen molar-refractivity contribution in [3.63, 3.8) is 0 Å². The number of rotatable bonds is 1. The number of pyridine rings is 1. The number of ether oxygens (including phenoxy) is 2. The number of nitrogens with one attached hydrogen (secondary N) is 1. The van der Waals surface area contributed by atoms with E-state index in [1.165, 1.54) is 0 Å². The van der Waals surface area contributed by atoms with Crippen LogP contribution in [0.25, 0.3) is 10.9 Å². The number of carbonyl (C=O) groups is 1. The fourth-order valence-electron chi connectivity index (χ4n) is 5.11. The van der Waals surface area contributed by atoms with Crippen molar-refractivity contribution in [1.29, 1.82) is 0 Å². The van der Waals surface area contributed by atoms with Gasteiger partial charge in [0, 0.05) is 40.9 Å². The third-order valence-electron chi connectivity index (χ3n) is 6.34. The highest BCUT2D eigenvalue weighted by molar-refractivity contribution is 6.04. The largest absolute Gasteiger partial charge is 0.454 e. The molecule has 0 unspecified atom stereocenters. The van der Waals surface area contributed by atoms with Gasteiger partial charge < -0.3 is 14.8 Å². The van der Waals surface area contributed by atoms with Gasteiger partial charge in [-0.25, -0.2) is 0 Å². The van der Waals surface area contributed by atoms with Crippen LogP contribution in [-0.2, 0) is 4.79 Å². The monoisotopic (exact) mass is 398 g/mol. The SMILES string of the molecule is CC1(C)CC(=O)C2=C(C1)Nc1ccc3ncccc3c1[C@H]2c1ccc2c(c1)OCO2. The Balaban J connectivity index is 1.64. The molecule has 3 aliphatic rings. The van der Waals surface area contributed by atoms with Gasteiger partial charge in [0.2, 0.25) is 6.79 Å². The van der Waals surface area contributed by atoms with Crippen LogP contribution in [-0.4, -0.2) is 17.6 Å². The molecule has 1 N–H and O–H groups in total. The van der Waals surface area contributed by atoms with Gasteiger partial charge in [0.15, 0.2) is 17.3 Å². The number of hydrogen-bond acceptors (Lipinski definition) is 5. The van der Waals surface area contributed by atoms with Crippen LogP contribution in [0.3, 0.4) is 0 Å². The van der Waals surface area contributed by atoms with Crippen LogP contribution in [0.2, 0.25) is 0 Å². The second kappa shape index (κ2) is 6.08. The number of Topliss-reactive ketones (excluding diaryl/α,β-unsaturated/α-hetero) is 1. The second-order valence-corrected chi connectivity index (χ2v) is 9.10. The smallest absolute Gasteiger partial charge is 0.231 e. The third kappa shape index (κ3) is 2.54. The van der Waals surface area contributed by atoms with Crippen molar-refractivity contribution >= 4 is 22.4 Å². The number of aromatic nitrogens is 1. The molecule has 0 spiro atoms. The van der Waals surface area contributed by atoms with E-state index in [0.29, 0.717) is 6.42 Å². The summed E-state index contributed by atoms with van der Waals surface area (Å²) in [6.45, 7) is 4.55. The fourth-order valence-corrected chi connectivity index (χ4v) is 5.11. The first-order valence-corrected chi connectivity index (χ1v) is 10.3. The van der Waals surface area contributed by atoms with E-state index in [4.69, 9.17) is 9.47 Å². The van der Waals surface area contributed by atoms with Crippen molar-refractivity contribution in [3.05, 3.63) is 71.1 Å². The first-order valence-electron chi connectivity index (χ1n) is 10.3. The van der Waals surface area contributed by atoms with Gasteiger partial charge in [0.05, 0.1) is 5.52 Å². The zero-order chi connectivity index (χ0) is 20.5. The molecule has 0 amide bonds. The summed E-state index contributed by atoms with van der Waals surface area (Å²) in [4.78, 5) is 18.0. The minimum absolute atomic E-state index is 0.0573. The Morgan fingerprint density at radius 1 is 1.07 bits per heavy atom. The quantitative estimate of drug-likeness (QED) is 0.613. The maximum atomic E-state index is 13.4. The standard InChI is InChI=1S/C25H22N2O3/c1-25(2)11-18-24(19(28)12-25)22(14-5-8-20-21(10-14)30-13-29-20)23-15-4-3-9-26-16(15)6-7-17(23)27-18/h3-10,22,27H,11-13H2,1-2H3/t22-/m1/s1. The van der Waals surface area contributed by atoms with Crippen LogP contribution in [0.1, 0.15) is 43.7 Å². The summed E-state index contributed by atoms with van der Waals surface area (Å²) in [5.41, 5.74) is 5.97. The van der Waals surface area contributed by atoms with Gasteiger partial charge in [-0.15, -0.1) is 0 Å². The number of anilines is 1. The summed E-state index contributed by atoms with van der Waals surface area (Å²) in [6.07, 6.45) is 3.20. The Kier molecular flexibility index (Phi) is 3.55. The first-order chi connectivity index (χ1) is 14.5. The second-order valence-electron chi connectivity index (χ2n) is 9.10. The van der Waals surface area contributed by atoms with E-state index in [2.05, 4.69) is 42.3 Å². The topological polar surface area (TPSA) is 60.5 Å². The van der Waals surface area contributed by atoms with E-state index < -0.39 is 0 Å². The maximum Gasteiger partial charge on any atom is 0.231 e. The highest BCUT2D eigenvalue weighted by Gasteiger charge is 2.41. The third-order valence-corrected chi connectivity index (χ3v) is 6.34. The van der Waals surface area contributed by atoms with Crippen molar-refractivity contribution in [2.75, 3.05) is 12.1 Å². The zero-order valence-corrected chi connectivity index (χ0v) is 17.0. The van der Waals surface area contributed by atoms with Gasteiger partial charge in [-0.3, -0.25) is 9.78 Å². The van der Waals surface area contributed by atoms with E-state index in [1.807, 2.05) is 24.3 Å². The molecule has 0 fully saturated rings. The molecule has 0 bridgehead atoms. The van der Waals surface area contributed by atoms with Crippen LogP contribution >= 0.6 is 0 Å². The van der Waals surface area contributed by atoms with Crippen molar-refractivity contribution in [2.24, 2.45) is 5.41 Å². The number of allylic oxidation sites excluding steroid dienone is 2. The van der Waals surface area contributed by atoms with Crippen LogP contribution < -0.4 is 14.8 Å². The van der Waals surface area contributed by atoms with Crippen molar-refractivity contribution in [1.82, 2.24) is 4.98 Å². The maximum absolute atomic E-state index is 13.4. The summed E-state index contributed by atoms with van der Waals surface area (Å²) in [6, 6.07) is 14.2. The van der Waals surface area contributed by atoms with Gasteiger partial charge in [-0.2, -0.15) is 0 Å². The number of carbonyl (C=O) groups excluding carboxylic acids is 1. The predicted molar refractivity (Wildman–Crippen MR) is 115 cm³/mol. The summed E-state index contributed by atoms with van der Waals surface area (Å²) in [5, 5.41) is 4.67. The Bertz CT molecular complexity index is 1260. The molecular formula is C25H22N2O3. The molecule has 3 aromatic rings. The van der Waals surface area contributed by atoms with Crippen molar-refractivity contribution < 1.29 is 14.3 Å². The summed E-state index contributed by atoms with van der Waals surface area (Å²) >= 11 is 0. The van der Waals surface area contributed by atoms with Gasteiger partial charge in [-0.1, -0.05) is 26.0 Å². The lowest BCUT2D eigenvalue weighted by molar-refractivity contribution is -0.118. The number of nitrogens with zero attached hydrogens (tertiary/aromatic N) is 1.